The molecule has 1 aromatic carbocycles. The standard InChI is InChI=1S/C39H41N9O8S/c1-22-27-21-41-39(44-34(27)47(24-6-3-4-7-24)37(53)32(22)23(2)49)42-30-12-10-25(20-40-30)46-16-14-45(15-17-46)18-19-57(55,56)29-9-5-8-26-33(29)38(54)48(36(26)52)28-11-13-31(50)43-35(28)51/h5,8-10,12,20-21,24,28H,3-4,6-7,11,13-19H2,1-2H3,(H,43,50,51)(H,40,41,42,44). The highest BCUT2D eigenvalue weighted by molar-refractivity contribution is 7.91. The van der Waals surface area contributed by atoms with Crippen LogP contribution in [-0.2, 0) is 19.4 Å². The number of sulfone groups is 1. The van der Waals surface area contributed by atoms with Gasteiger partial charge in [0.05, 0.1) is 39.2 Å². The maximum atomic E-state index is 13.6. The number of nitrogens with one attached hydrogen (secondary N) is 2. The molecular weight excluding hydrogens is 755 g/mol. The number of Topliss-reactive ketones (excluding diaryl/α,β-unsaturated/α-hetero) is 1. The van der Waals surface area contributed by atoms with Crippen molar-refractivity contribution in [3.8, 4) is 0 Å². The first-order valence-corrected chi connectivity index (χ1v) is 20.7. The SMILES string of the molecule is CC(=O)c1c(C)c2cnc(Nc3ccc(N4CCN(CCS(=O)(=O)c5cccc6c5C(=O)N(C5CCC(=O)NC5=O)C6=O)CC4)cn3)nc2n(C2CCCC2)c1=O. The van der Waals surface area contributed by atoms with E-state index in [1.165, 1.54) is 25.1 Å². The van der Waals surface area contributed by atoms with E-state index in [2.05, 4.69) is 25.5 Å². The van der Waals surface area contributed by atoms with Crippen LogP contribution in [0.15, 0.2) is 52.4 Å². The van der Waals surface area contributed by atoms with E-state index in [9.17, 15) is 37.2 Å². The van der Waals surface area contributed by atoms with Crippen LogP contribution in [-0.4, -0.2) is 112 Å². The Balaban J connectivity index is 0.899. The van der Waals surface area contributed by atoms with E-state index in [0.717, 1.165) is 36.3 Å². The third-order valence-electron chi connectivity index (χ3n) is 11.4. The van der Waals surface area contributed by atoms with Crippen molar-refractivity contribution in [2.24, 2.45) is 0 Å². The maximum absolute atomic E-state index is 13.6. The summed E-state index contributed by atoms with van der Waals surface area (Å²) >= 11 is 0. The van der Waals surface area contributed by atoms with Crippen molar-refractivity contribution in [1.82, 2.24) is 34.6 Å². The summed E-state index contributed by atoms with van der Waals surface area (Å²) in [5.41, 5.74) is 1.47. The number of amides is 4. The van der Waals surface area contributed by atoms with Gasteiger partial charge in [-0.25, -0.2) is 18.4 Å². The molecule has 4 amide bonds. The number of rotatable bonds is 10. The Morgan fingerprint density at radius 3 is 2.37 bits per heavy atom. The first-order chi connectivity index (χ1) is 27.3. The Labute approximate surface area is 327 Å². The lowest BCUT2D eigenvalue weighted by molar-refractivity contribution is -0.136. The number of pyridine rings is 2. The number of aromatic nitrogens is 4. The quantitative estimate of drug-likeness (QED) is 0.174. The first-order valence-electron chi connectivity index (χ1n) is 19.0. The monoisotopic (exact) mass is 795 g/mol. The van der Waals surface area contributed by atoms with Gasteiger partial charge in [0.25, 0.3) is 17.4 Å². The van der Waals surface area contributed by atoms with Crippen LogP contribution in [0.5, 0.6) is 0 Å². The number of fused-ring (bicyclic) bond motifs is 2. The van der Waals surface area contributed by atoms with Crippen LogP contribution in [0.3, 0.4) is 0 Å². The number of hydrogen-bond acceptors (Lipinski definition) is 14. The number of piperidine rings is 1. The highest BCUT2D eigenvalue weighted by Gasteiger charge is 2.47. The van der Waals surface area contributed by atoms with Crippen molar-refractivity contribution in [2.45, 2.75) is 69.4 Å². The minimum absolute atomic E-state index is 0.0297. The van der Waals surface area contributed by atoms with Crippen molar-refractivity contribution >= 4 is 67.7 Å². The average Bonchev–Trinajstić information content (AvgIpc) is 3.81. The number of carbonyl (C=O) groups is 5. The topological polar surface area (TPSA) is 214 Å². The third-order valence-corrected chi connectivity index (χ3v) is 13.1. The van der Waals surface area contributed by atoms with Crippen LogP contribution in [0.25, 0.3) is 11.0 Å². The van der Waals surface area contributed by atoms with Crippen molar-refractivity contribution in [1.29, 1.82) is 0 Å². The van der Waals surface area contributed by atoms with Gasteiger partial charge in [0.15, 0.2) is 15.6 Å². The predicted molar refractivity (Wildman–Crippen MR) is 207 cm³/mol. The molecule has 17 nitrogen and oxygen atoms in total. The second-order valence-corrected chi connectivity index (χ2v) is 17.0. The minimum atomic E-state index is -4.01. The van der Waals surface area contributed by atoms with Gasteiger partial charge in [-0.15, -0.1) is 0 Å². The summed E-state index contributed by atoms with van der Waals surface area (Å²) in [5, 5.41) is 5.94. The number of benzene rings is 1. The number of piperazine rings is 1. The van der Waals surface area contributed by atoms with Crippen LogP contribution in [0, 0.1) is 6.92 Å². The maximum Gasteiger partial charge on any atom is 0.263 e. The lowest BCUT2D eigenvalue weighted by atomic mass is 10.0. The average molecular weight is 796 g/mol. The molecule has 2 N–H and O–H groups in total. The Morgan fingerprint density at radius 2 is 1.68 bits per heavy atom. The van der Waals surface area contributed by atoms with Crippen LogP contribution < -0.4 is 21.1 Å². The molecule has 3 aliphatic heterocycles. The van der Waals surface area contributed by atoms with Gasteiger partial charge < -0.3 is 10.2 Å². The molecule has 296 valence electrons. The molecule has 0 radical (unpaired) electrons. The lowest BCUT2D eigenvalue weighted by Gasteiger charge is -2.35. The van der Waals surface area contributed by atoms with E-state index < -0.39 is 39.5 Å². The van der Waals surface area contributed by atoms with Gasteiger partial charge in [-0.1, -0.05) is 18.9 Å². The van der Waals surface area contributed by atoms with Crippen LogP contribution in [0.2, 0.25) is 0 Å². The lowest BCUT2D eigenvalue weighted by Crippen LogP contribution is -2.54. The summed E-state index contributed by atoms with van der Waals surface area (Å²) in [7, 11) is -4.01. The molecule has 0 spiro atoms. The summed E-state index contributed by atoms with van der Waals surface area (Å²) in [5.74, 6) is -2.67. The Bertz CT molecular complexity index is 2530. The third kappa shape index (κ3) is 6.96. The molecule has 1 aliphatic carbocycles. The molecule has 1 unspecified atom stereocenters. The van der Waals surface area contributed by atoms with Gasteiger partial charge >= 0.3 is 0 Å². The fourth-order valence-corrected chi connectivity index (χ4v) is 9.92. The van der Waals surface area contributed by atoms with E-state index in [0.29, 0.717) is 48.6 Å². The van der Waals surface area contributed by atoms with Gasteiger partial charge in [-0.3, -0.25) is 48.5 Å². The fraction of sp³-hybridized carbons (Fsp3) is 0.410. The molecule has 18 heteroatoms. The molecule has 6 heterocycles. The molecule has 8 rings (SSSR count). The van der Waals surface area contributed by atoms with Crippen molar-refractivity contribution in [2.75, 3.05) is 48.7 Å². The van der Waals surface area contributed by atoms with E-state index in [4.69, 9.17) is 4.98 Å². The highest BCUT2D eigenvalue weighted by atomic mass is 32.2. The van der Waals surface area contributed by atoms with Crippen LogP contribution >= 0.6 is 0 Å². The molecular formula is C39H41N9O8S. The Kier molecular flexibility index (Phi) is 9.93. The van der Waals surface area contributed by atoms with Crippen LogP contribution in [0.4, 0.5) is 17.5 Å². The second-order valence-electron chi connectivity index (χ2n) is 14.9. The summed E-state index contributed by atoms with van der Waals surface area (Å²) < 4.78 is 28.9. The number of carbonyl (C=O) groups excluding carboxylic acids is 5. The van der Waals surface area contributed by atoms with Gasteiger partial charge in [-0.05, 0) is 62.9 Å². The summed E-state index contributed by atoms with van der Waals surface area (Å²) in [4.78, 5) is 95.3. The van der Waals surface area contributed by atoms with E-state index in [1.54, 1.807) is 23.9 Å². The Morgan fingerprint density at radius 1 is 0.930 bits per heavy atom. The van der Waals surface area contributed by atoms with E-state index in [-0.39, 0.29) is 70.1 Å². The number of aryl methyl sites for hydroxylation is 1. The van der Waals surface area contributed by atoms with E-state index in [1.807, 2.05) is 17.0 Å². The largest absolute Gasteiger partial charge is 0.368 e. The molecule has 1 saturated carbocycles. The molecule has 4 aliphatic rings. The zero-order valence-corrected chi connectivity index (χ0v) is 32.3. The molecule has 0 bridgehead atoms. The van der Waals surface area contributed by atoms with Gasteiger partial charge in [0.2, 0.25) is 17.8 Å². The number of hydrogen-bond donors (Lipinski definition) is 2. The zero-order valence-electron chi connectivity index (χ0n) is 31.5. The Hall–Kier alpha value is -5.88. The minimum Gasteiger partial charge on any atom is -0.368 e. The molecule has 1 atom stereocenters. The van der Waals surface area contributed by atoms with Gasteiger partial charge in [-0.2, -0.15) is 4.98 Å². The van der Waals surface area contributed by atoms with Gasteiger partial charge in [0.1, 0.15) is 17.5 Å². The molecule has 3 aromatic heterocycles. The first kappa shape index (κ1) is 38.0. The highest BCUT2D eigenvalue weighted by Crippen LogP contribution is 2.34. The van der Waals surface area contributed by atoms with Gasteiger partial charge in [0, 0.05) is 56.8 Å². The summed E-state index contributed by atoms with van der Waals surface area (Å²) in [6, 6.07) is 6.59. The summed E-state index contributed by atoms with van der Waals surface area (Å²) in [6.07, 6.45) is 6.99. The number of nitrogens with zero attached hydrogens (tertiary/aromatic N) is 7. The molecule has 2 saturated heterocycles. The number of anilines is 3. The summed E-state index contributed by atoms with van der Waals surface area (Å²) in [6.45, 7) is 5.72. The van der Waals surface area contributed by atoms with Crippen molar-refractivity contribution in [3.05, 3.63) is 75.3 Å². The number of imide groups is 2. The van der Waals surface area contributed by atoms with Crippen molar-refractivity contribution in [3.63, 3.8) is 0 Å². The van der Waals surface area contributed by atoms with E-state index >= 15 is 0 Å². The zero-order chi connectivity index (χ0) is 40.2. The molecule has 57 heavy (non-hydrogen) atoms. The molecule has 4 aromatic rings. The molecule has 3 fully saturated rings. The van der Waals surface area contributed by atoms with Crippen molar-refractivity contribution < 1.29 is 32.4 Å². The fourth-order valence-electron chi connectivity index (χ4n) is 8.40. The second kappa shape index (κ2) is 14.9. The normalized spacial score (nSPS) is 19.4. The smallest absolute Gasteiger partial charge is 0.263 e. The van der Waals surface area contributed by atoms with Crippen LogP contribution in [0.1, 0.15) is 88.1 Å². The number of ketones is 1. The predicted octanol–water partition coefficient (Wildman–Crippen LogP) is 2.55.